The van der Waals surface area contributed by atoms with E-state index in [0.717, 1.165) is 17.2 Å². The number of halogens is 6. The maximum absolute atomic E-state index is 13.5. The molecule has 1 saturated carbocycles. The van der Waals surface area contributed by atoms with Gasteiger partial charge in [0.2, 0.25) is 0 Å². The molecule has 5 rings (SSSR count). The third kappa shape index (κ3) is 8.78. The Labute approximate surface area is 269 Å². The number of fused-ring (bicyclic) bond motifs is 1. The Morgan fingerprint density at radius 1 is 0.872 bits per heavy atom. The van der Waals surface area contributed by atoms with E-state index in [0.29, 0.717) is 43.8 Å². The van der Waals surface area contributed by atoms with Gasteiger partial charge in [-0.05, 0) is 70.3 Å². The SMILES string of the molecule is CC(C)(C)c1ccc(O[C@@H](Cc2ccc(OCCN[C@H]3C4CN(Cc5ccc(C(F)(F)F)cc5C(F)(F)F)C[C@@H]43)cc2)C(=O)O)cc1. The Morgan fingerprint density at radius 3 is 2.02 bits per heavy atom. The van der Waals surface area contributed by atoms with Crippen LogP contribution in [-0.4, -0.2) is 54.4 Å². The molecule has 3 aromatic carbocycles. The van der Waals surface area contributed by atoms with Crippen LogP contribution in [-0.2, 0) is 35.5 Å². The molecule has 2 fully saturated rings. The lowest BCUT2D eigenvalue weighted by Gasteiger charge is -2.23. The number of rotatable bonds is 12. The number of hydrogen-bond acceptors (Lipinski definition) is 5. The maximum atomic E-state index is 13.5. The largest absolute Gasteiger partial charge is 0.492 e. The van der Waals surface area contributed by atoms with E-state index < -0.39 is 35.6 Å². The molecular formula is C35H38F6N2O4. The monoisotopic (exact) mass is 664 g/mol. The predicted molar refractivity (Wildman–Crippen MR) is 163 cm³/mol. The second-order valence-electron chi connectivity index (χ2n) is 13.3. The molecule has 1 aliphatic heterocycles. The second-order valence-corrected chi connectivity index (χ2v) is 13.3. The summed E-state index contributed by atoms with van der Waals surface area (Å²) in [6, 6.07) is 16.6. The van der Waals surface area contributed by atoms with Crippen LogP contribution in [0, 0.1) is 11.8 Å². The lowest BCUT2D eigenvalue weighted by molar-refractivity contribution is -0.145. The minimum Gasteiger partial charge on any atom is -0.492 e. The fourth-order valence-corrected chi connectivity index (χ4v) is 6.15. The van der Waals surface area contributed by atoms with Crippen molar-refractivity contribution >= 4 is 5.97 Å². The van der Waals surface area contributed by atoms with Crippen LogP contribution in [0.25, 0.3) is 0 Å². The van der Waals surface area contributed by atoms with Gasteiger partial charge in [0, 0.05) is 38.6 Å². The topological polar surface area (TPSA) is 71.0 Å². The number of benzene rings is 3. The van der Waals surface area contributed by atoms with Gasteiger partial charge in [-0.3, -0.25) is 4.90 Å². The van der Waals surface area contributed by atoms with Crippen LogP contribution in [0.3, 0.4) is 0 Å². The molecule has 2 N–H and O–H groups in total. The van der Waals surface area contributed by atoms with E-state index in [1.165, 1.54) is 0 Å². The molecule has 3 aromatic rings. The standard InChI is InChI=1S/C35H38F6N2O4/c1-33(2,3)23-8-12-26(13-9-23)47-30(32(44)45)16-21-4-10-25(11-5-21)46-15-14-42-31-27-19-43(20-28(27)31)18-22-6-7-24(34(36,37)38)17-29(22)35(39,40)41/h4-13,17,27-28,30-31,42H,14-16,18-20H2,1-3H3,(H,44,45)/t27-,28?,30-,31+/m0/s1. The summed E-state index contributed by atoms with van der Waals surface area (Å²) >= 11 is 0. The van der Waals surface area contributed by atoms with Crippen molar-refractivity contribution in [2.75, 3.05) is 26.2 Å². The molecule has 47 heavy (non-hydrogen) atoms. The summed E-state index contributed by atoms with van der Waals surface area (Å²) in [6.07, 6.45) is -10.6. The Morgan fingerprint density at radius 2 is 1.47 bits per heavy atom. The van der Waals surface area contributed by atoms with Crippen molar-refractivity contribution in [3.05, 3.63) is 94.5 Å². The van der Waals surface area contributed by atoms with Crippen molar-refractivity contribution in [1.29, 1.82) is 0 Å². The van der Waals surface area contributed by atoms with Crippen LogP contribution in [0.1, 0.15) is 48.6 Å². The minimum absolute atomic E-state index is 0.0252. The van der Waals surface area contributed by atoms with E-state index >= 15 is 0 Å². The molecule has 0 aromatic heterocycles. The minimum atomic E-state index is -4.88. The van der Waals surface area contributed by atoms with Crippen molar-refractivity contribution in [2.24, 2.45) is 11.8 Å². The van der Waals surface area contributed by atoms with Crippen molar-refractivity contribution in [2.45, 2.75) is 63.7 Å². The maximum Gasteiger partial charge on any atom is 0.416 e. The number of ether oxygens (including phenoxy) is 2. The van der Waals surface area contributed by atoms with Gasteiger partial charge in [0.15, 0.2) is 6.10 Å². The van der Waals surface area contributed by atoms with Crippen LogP contribution < -0.4 is 14.8 Å². The van der Waals surface area contributed by atoms with Gasteiger partial charge in [0.1, 0.15) is 18.1 Å². The van der Waals surface area contributed by atoms with Crippen LogP contribution in [0.15, 0.2) is 66.7 Å². The van der Waals surface area contributed by atoms with Gasteiger partial charge in [-0.15, -0.1) is 0 Å². The zero-order valence-electron chi connectivity index (χ0n) is 26.3. The highest BCUT2D eigenvalue weighted by Crippen LogP contribution is 2.46. The average molecular weight is 665 g/mol. The van der Waals surface area contributed by atoms with Crippen LogP contribution in [0.4, 0.5) is 26.3 Å². The Balaban J connectivity index is 1.03. The van der Waals surface area contributed by atoms with Crippen LogP contribution >= 0.6 is 0 Å². The summed E-state index contributed by atoms with van der Waals surface area (Å²) in [5.74, 6) is 0.577. The number of carboxylic acids is 1. The lowest BCUT2D eigenvalue weighted by Crippen LogP contribution is -2.33. The summed E-state index contributed by atoms with van der Waals surface area (Å²) in [5, 5.41) is 13.1. The van der Waals surface area contributed by atoms with Gasteiger partial charge < -0.3 is 19.9 Å². The summed E-state index contributed by atoms with van der Waals surface area (Å²) in [5.41, 5.74) is -0.839. The van der Waals surface area contributed by atoms with Gasteiger partial charge in [0.25, 0.3) is 0 Å². The molecule has 0 radical (unpaired) electrons. The number of alkyl halides is 6. The van der Waals surface area contributed by atoms with Crippen molar-refractivity contribution < 1.29 is 45.7 Å². The Kier molecular flexibility index (Phi) is 9.84. The number of piperidine rings is 1. The molecule has 0 bridgehead atoms. The fraction of sp³-hybridized carbons (Fsp3) is 0.457. The lowest BCUT2D eigenvalue weighted by atomic mass is 9.87. The number of nitrogens with one attached hydrogen (secondary N) is 1. The van der Waals surface area contributed by atoms with E-state index in [9.17, 15) is 36.2 Å². The number of aliphatic carboxylic acids is 1. The molecule has 254 valence electrons. The normalized spacial score (nSPS) is 20.5. The van der Waals surface area contributed by atoms with Gasteiger partial charge in [-0.25, -0.2) is 4.79 Å². The first kappa shape index (κ1) is 34.6. The highest BCUT2D eigenvalue weighted by molar-refractivity contribution is 5.73. The van der Waals surface area contributed by atoms with Gasteiger partial charge in [-0.2, -0.15) is 26.3 Å². The highest BCUT2D eigenvalue weighted by atomic mass is 19.4. The summed E-state index contributed by atoms with van der Waals surface area (Å²) in [6.45, 7) is 8.29. The molecule has 0 amide bonds. The molecule has 1 unspecified atom stereocenters. The first-order chi connectivity index (χ1) is 22.0. The molecule has 0 spiro atoms. The summed E-state index contributed by atoms with van der Waals surface area (Å²) in [7, 11) is 0. The fourth-order valence-electron chi connectivity index (χ4n) is 6.15. The molecule has 1 aliphatic carbocycles. The first-order valence-corrected chi connectivity index (χ1v) is 15.4. The molecule has 6 nitrogen and oxygen atoms in total. The second kappa shape index (κ2) is 13.4. The van der Waals surface area contributed by atoms with Crippen LogP contribution in [0.5, 0.6) is 11.5 Å². The Hall–Kier alpha value is -3.77. The van der Waals surface area contributed by atoms with Crippen molar-refractivity contribution in [3.63, 3.8) is 0 Å². The third-order valence-corrected chi connectivity index (χ3v) is 8.78. The van der Waals surface area contributed by atoms with E-state index in [-0.39, 0.29) is 47.9 Å². The smallest absolute Gasteiger partial charge is 0.416 e. The van der Waals surface area contributed by atoms with E-state index in [4.69, 9.17) is 9.47 Å². The predicted octanol–water partition coefficient (Wildman–Crippen LogP) is 7.20. The molecule has 1 saturated heterocycles. The van der Waals surface area contributed by atoms with Gasteiger partial charge >= 0.3 is 18.3 Å². The molecule has 4 atom stereocenters. The van der Waals surface area contributed by atoms with Gasteiger partial charge in [-0.1, -0.05) is 51.1 Å². The number of carboxylic acid groups (broad SMARTS) is 1. The van der Waals surface area contributed by atoms with Gasteiger partial charge in [0.05, 0.1) is 11.1 Å². The molecule has 1 heterocycles. The number of carbonyl (C=O) groups is 1. The highest BCUT2D eigenvalue weighted by Gasteiger charge is 2.55. The average Bonchev–Trinajstić information content (AvgIpc) is 3.43. The van der Waals surface area contributed by atoms with E-state index in [1.807, 2.05) is 17.0 Å². The van der Waals surface area contributed by atoms with Crippen molar-refractivity contribution in [1.82, 2.24) is 10.2 Å². The number of hydrogen-bond donors (Lipinski definition) is 2. The molecule has 2 aliphatic rings. The Bertz CT molecular complexity index is 1520. The molecular weight excluding hydrogens is 626 g/mol. The summed E-state index contributed by atoms with van der Waals surface area (Å²) < 4.78 is 91.0. The first-order valence-electron chi connectivity index (χ1n) is 15.4. The van der Waals surface area contributed by atoms with E-state index in [1.54, 1.807) is 36.4 Å². The zero-order chi connectivity index (χ0) is 34.1. The van der Waals surface area contributed by atoms with Crippen LogP contribution in [0.2, 0.25) is 0 Å². The third-order valence-electron chi connectivity index (χ3n) is 8.78. The quantitative estimate of drug-likeness (QED) is 0.158. The zero-order valence-corrected chi connectivity index (χ0v) is 26.3. The number of nitrogens with zero attached hydrogens (tertiary/aromatic N) is 1. The van der Waals surface area contributed by atoms with Crippen molar-refractivity contribution in [3.8, 4) is 11.5 Å². The summed E-state index contributed by atoms with van der Waals surface area (Å²) in [4.78, 5) is 13.7. The number of likely N-dealkylation sites (tertiary alicyclic amines) is 1. The molecule has 12 heteroatoms. The van der Waals surface area contributed by atoms with E-state index in [2.05, 4.69) is 26.1 Å².